The zero-order valence-corrected chi connectivity index (χ0v) is 9.57. The highest BCUT2D eigenvalue weighted by molar-refractivity contribution is 5.13. The van der Waals surface area contributed by atoms with Crippen molar-refractivity contribution in [3.05, 3.63) is 11.9 Å². The Morgan fingerprint density at radius 1 is 1.29 bits per heavy atom. The van der Waals surface area contributed by atoms with Gasteiger partial charge in [0, 0.05) is 0 Å². The van der Waals surface area contributed by atoms with Gasteiger partial charge in [-0.2, -0.15) is 0 Å². The Hall–Kier alpha value is -0.330. The Kier molecular flexibility index (Phi) is 2.24. The van der Waals surface area contributed by atoms with Gasteiger partial charge in [0.1, 0.15) is 0 Å². The van der Waals surface area contributed by atoms with Crippen molar-refractivity contribution in [2.24, 2.45) is 16.7 Å². The molecule has 14 heavy (non-hydrogen) atoms. The standard InChI is InChI=1S/C13H21F/c1-12(2)7-4-8-13(3)9-10(14)5-6-11(12)13/h9,11H,4-8H2,1-3H3/t11-,13-/m1/s1. The molecular formula is C13H21F. The lowest BCUT2D eigenvalue weighted by Crippen LogP contribution is -2.42. The second kappa shape index (κ2) is 3.08. The topological polar surface area (TPSA) is 0 Å². The average molecular weight is 196 g/mol. The maximum atomic E-state index is 13.3. The van der Waals surface area contributed by atoms with E-state index in [2.05, 4.69) is 20.8 Å². The smallest absolute Gasteiger partial charge is 0.0965 e. The van der Waals surface area contributed by atoms with Gasteiger partial charge in [-0.3, -0.25) is 0 Å². The van der Waals surface area contributed by atoms with Crippen LogP contribution in [0.2, 0.25) is 0 Å². The van der Waals surface area contributed by atoms with E-state index in [9.17, 15) is 4.39 Å². The third kappa shape index (κ3) is 1.51. The van der Waals surface area contributed by atoms with E-state index in [0.29, 0.717) is 17.8 Å². The SMILES string of the molecule is CC1(C)CCC[C@]2(C)C=C(F)CC[C@H]12. The summed E-state index contributed by atoms with van der Waals surface area (Å²) in [6, 6.07) is 0. The molecule has 0 spiro atoms. The van der Waals surface area contributed by atoms with Crippen LogP contribution in [0.3, 0.4) is 0 Å². The van der Waals surface area contributed by atoms with Gasteiger partial charge in [0.05, 0.1) is 5.83 Å². The molecule has 2 atom stereocenters. The Morgan fingerprint density at radius 3 is 2.71 bits per heavy atom. The first-order chi connectivity index (χ1) is 6.44. The number of halogens is 1. The van der Waals surface area contributed by atoms with Crippen molar-refractivity contribution in [2.75, 3.05) is 0 Å². The van der Waals surface area contributed by atoms with Crippen molar-refractivity contribution in [3.63, 3.8) is 0 Å². The summed E-state index contributed by atoms with van der Waals surface area (Å²) in [4.78, 5) is 0. The molecular weight excluding hydrogens is 175 g/mol. The van der Waals surface area contributed by atoms with Crippen LogP contribution in [0.5, 0.6) is 0 Å². The van der Waals surface area contributed by atoms with Gasteiger partial charge in [-0.15, -0.1) is 0 Å². The van der Waals surface area contributed by atoms with Crippen LogP contribution in [0.4, 0.5) is 4.39 Å². The van der Waals surface area contributed by atoms with Gasteiger partial charge in [0.15, 0.2) is 0 Å². The molecule has 0 amide bonds. The van der Waals surface area contributed by atoms with Crippen molar-refractivity contribution in [3.8, 4) is 0 Å². The molecule has 0 heterocycles. The summed E-state index contributed by atoms with van der Waals surface area (Å²) in [5.74, 6) is 0.810. The molecule has 0 N–H and O–H groups in total. The van der Waals surface area contributed by atoms with Gasteiger partial charge in [-0.05, 0) is 48.5 Å². The molecule has 2 rings (SSSR count). The third-order valence-electron chi connectivity index (χ3n) is 4.43. The third-order valence-corrected chi connectivity index (χ3v) is 4.43. The minimum Gasteiger partial charge on any atom is -0.212 e. The van der Waals surface area contributed by atoms with Gasteiger partial charge >= 0.3 is 0 Å². The highest BCUT2D eigenvalue weighted by Gasteiger charge is 2.46. The predicted octanol–water partition coefficient (Wildman–Crippen LogP) is 4.47. The molecule has 0 aromatic carbocycles. The second-order valence-electron chi connectivity index (χ2n) is 6.03. The second-order valence-corrected chi connectivity index (χ2v) is 6.03. The lowest BCUT2D eigenvalue weighted by molar-refractivity contribution is 0.0183. The van der Waals surface area contributed by atoms with E-state index in [-0.39, 0.29) is 11.2 Å². The fourth-order valence-corrected chi connectivity index (χ4v) is 3.77. The van der Waals surface area contributed by atoms with Crippen LogP contribution >= 0.6 is 0 Å². The first-order valence-electron chi connectivity index (χ1n) is 5.81. The molecule has 0 radical (unpaired) electrons. The lowest BCUT2D eigenvalue weighted by Gasteiger charge is -2.51. The van der Waals surface area contributed by atoms with Crippen LogP contribution < -0.4 is 0 Å². The maximum absolute atomic E-state index is 13.3. The molecule has 0 bridgehead atoms. The molecule has 1 fully saturated rings. The fourth-order valence-electron chi connectivity index (χ4n) is 3.77. The van der Waals surface area contributed by atoms with E-state index in [0.717, 1.165) is 6.42 Å². The van der Waals surface area contributed by atoms with Crippen molar-refractivity contribution in [2.45, 2.75) is 52.9 Å². The van der Waals surface area contributed by atoms with Crippen LogP contribution in [0.15, 0.2) is 11.9 Å². The molecule has 0 aliphatic heterocycles. The Bertz CT molecular complexity index is 264. The molecule has 0 aromatic rings. The molecule has 0 aromatic heterocycles. The molecule has 80 valence electrons. The van der Waals surface area contributed by atoms with Crippen molar-refractivity contribution < 1.29 is 4.39 Å². The van der Waals surface area contributed by atoms with Crippen LogP contribution in [0, 0.1) is 16.7 Å². The lowest BCUT2D eigenvalue weighted by atomic mass is 9.53. The molecule has 2 aliphatic carbocycles. The number of fused-ring (bicyclic) bond motifs is 1. The minimum atomic E-state index is 0.126. The van der Waals surface area contributed by atoms with Crippen LogP contribution in [-0.4, -0.2) is 0 Å². The number of hydrogen-bond donors (Lipinski definition) is 0. The van der Waals surface area contributed by atoms with Crippen molar-refractivity contribution in [1.82, 2.24) is 0 Å². The first kappa shape index (κ1) is 10.2. The highest BCUT2D eigenvalue weighted by Crippen LogP contribution is 2.56. The molecule has 1 heteroatoms. The summed E-state index contributed by atoms with van der Waals surface area (Å²) in [6.07, 6.45) is 7.37. The largest absolute Gasteiger partial charge is 0.212 e. The van der Waals surface area contributed by atoms with Gasteiger partial charge in [-0.1, -0.05) is 27.2 Å². The quantitative estimate of drug-likeness (QED) is 0.536. The average Bonchev–Trinajstić information content (AvgIpc) is 2.00. The number of allylic oxidation sites excluding steroid dienone is 2. The first-order valence-corrected chi connectivity index (χ1v) is 5.81. The van der Waals surface area contributed by atoms with E-state index < -0.39 is 0 Å². The summed E-state index contributed by atoms with van der Waals surface area (Å²) in [6.45, 7) is 6.95. The van der Waals surface area contributed by atoms with Crippen molar-refractivity contribution in [1.29, 1.82) is 0 Å². The van der Waals surface area contributed by atoms with Gasteiger partial charge < -0.3 is 0 Å². The predicted molar refractivity (Wildman–Crippen MR) is 57.7 cm³/mol. The van der Waals surface area contributed by atoms with E-state index in [1.54, 1.807) is 0 Å². The zero-order chi connectivity index (χ0) is 10.4. The van der Waals surface area contributed by atoms with Crippen molar-refractivity contribution >= 4 is 0 Å². The Balaban J connectivity index is 2.33. The molecule has 0 unspecified atom stereocenters. The molecule has 0 saturated heterocycles. The normalized spacial score (nSPS) is 41.4. The summed E-state index contributed by atoms with van der Waals surface area (Å²) >= 11 is 0. The van der Waals surface area contributed by atoms with E-state index in [1.807, 2.05) is 6.08 Å². The molecule has 1 saturated carbocycles. The number of rotatable bonds is 0. The number of hydrogen-bond acceptors (Lipinski definition) is 0. The zero-order valence-electron chi connectivity index (χ0n) is 9.57. The van der Waals surface area contributed by atoms with E-state index >= 15 is 0 Å². The van der Waals surface area contributed by atoms with Crippen LogP contribution in [0.25, 0.3) is 0 Å². The fraction of sp³-hybridized carbons (Fsp3) is 0.846. The van der Waals surface area contributed by atoms with Gasteiger partial charge in [0.2, 0.25) is 0 Å². The van der Waals surface area contributed by atoms with Crippen LogP contribution in [-0.2, 0) is 0 Å². The maximum Gasteiger partial charge on any atom is 0.0965 e. The Morgan fingerprint density at radius 2 is 2.00 bits per heavy atom. The summed E-state index contributed by atoms with van der Waals surface area (Å²) in [5, 5.41) is 0. The molecule has 0 nitrogen and oxygen atoms in total. The van der Waals surface area contributed by atoms with Gasteiger partial charge in [0.25, 0.3) is 0 Å². The van der Waals surface area contributed by atoms with Gasteiger partial charge in [-0.25, -0.2) is 4.39 Å². The summed E-state index contributed by atoms with van der Waals surface area (Å²) in [7, 11) is 0. The minimum absolute atomic E-state index is 0.126. The highest BCUT2D eigenvalue weighted by atomic mass is 19.1. The summed E-state index contributed by atoms with van der Waals surface area (Å²) in [5.41, 5.74) is 0.550. The van der Waals surface area contributed by atoms with E-state index in [4.69, 9.17) is 0 Å². The Labute approximate surface area is 86.6 Å². The van der Waals surface area contributed by atoms with Crippen LogP contribution in [0.1, 0.15) is 52.9 Å². The monoisotopic (exact) mass is 196 g/mol. The summed E-state index contributed by atoms with van der Waals surface area (Å²) < 4.78 is 13.3. The van der Waals surface area contributed by atoms with E-state index in [1.165, 1.54) is 19.3 Å². The molecule has 2 aliphatic rings.